The Balaban J connectivity index is 2.69. The zero-order chi connectivity index (χ0) is 9.14. The number of hydrogen-bond donors (Lipinski definition) is 2. The number of aliphatic hydroxyl groups is 2. The Morgan fingerprint density at radius 3 is 2.75 bits per heavy atom. The molecule has 1 heterocycles. The molecular weight excluding hydrogens is 161 g/mol. The number of nitrogens with zero attached hydrogens (tertiary/aromatic N) is 3. The second-order valence-electron chi connectivity index (χ2n) is 2.75. The van der Waals surface area contributed by atoms with E-state index in [1.165, 1.54) is 0 Å². The van der Waals surface area contributed by atoms with Gasteiger partial charge < -0.3 is 14.9 Å². The molecule has 0 radical (unpaired) electrons. The molecule has 0 aromatic rings. The molecule has 1 rings (SSSR count). The highest BCUT2D eigenvalue weighted by Crippen LogP contribution is 2.21. The van der Waals surface area contributed by atoms with E-state index in [1.807, 2.05) is 0 Å². The normalized spacial score (nSPS) is 40.8. The van der Waals surface area contributed by atoms with Crippen molar-refractivity contribution in [2.75, 3.05) is 6.61 Å². The van der Waals surface area contributed by atoms with Crippen LogP contribution in [0.2, 0.25) is 0 Å². The predicted octanol–water partition coefficient (Wildman–Crippen LogP) is -1.62. The van der Waals surface area contributed by atoms with Crippen molar-refractivity contribution in [2.24, 2.45) is 5.11 Å². The van der Waals surface area contributed by atoms with E-state index in [4.69, 9.17) is 15.4 Å². The summed E-state index contributed by atoms with van der Waals surface area (Å²) in [5, 5.41) is 21.5. The fraction of sp³-hybridized carbons (Fsp3) is 1.00. The molecule has 0 spiro atoms. The first-order valence-electron chi connectivity index (χ1n) is 3.69. The Kier molecular flexibility index (Phi) is 2.94. The van der Waals surface area contributed by atoms with Gasteiger partial charge in [-0.3, -0.25) is 0 Å². The van der Waals surface area contributed by atoms with Gasteiger partial charge in [0, 0.05) is 10.9 Å². The summed E-state index contributed by atoms with van der Waals surface area (Å²) >= 11 is 0. The smallest absolute Gasteiger partial charge is 0.139 e. The summed E-state index contributed by atoms with van der Waals surface area (Å²) in [4.78, 5) is 2.59. The zero-order valence-electron chi connectivity index (χ0n) is 6.66. The first kappa shape index (κ1) is 9.34. The van der Waals surface area contributed by atoms with Gasteiger partial charge in [0.1, 0.15) is 14.0 Å². The molecule has 0 aromatic carbocycles. The number of aliphatic hydroxyl groups excluding tert-OH is 2. The van der Waals surface area contributed by atoms with Crippen molar-refractivity contribution in [1.29, 1.82) is 0 Å². The average Bonchev–Trinajstić information content (AvgIpc) is 2.32. The Hall–Kier alpha value is -0.745. The van der Waals surface area contributed by atoms with Crippen molar-refractivity contribution in [3.05, 3.63) is 10.4 Å². The first-order valence-corrected chi connectivity index (χ1v) is 3.69. The number of azide groups is 1. The molecule has 0 amide bonds. The van der Waals surface area contributed by atoms with Crippen LogP contribution in [-0.4, -0.2) is 48.9 Å². The van der Waals surface area contributed by atoms with Gasteiger partial charge in [-0.05, 0) is 5.53 Å². The van der Waals surface area contributed by atoms with Gasteiger partial charge in [-0.25, -0.2) is 0 Å². The molecule has 66 valence electrons. The third-order valence-electron chi connectivity index (χ3n) is 1.97. The minimum absolute atomic E-state index is 0.261. The molecule has 0 bridgehead atoms. The number of ether oxygens (including phenoxy) is 1. The van der Waals surface area contributed by atoms with Crippen LogP contribution >= 0.6 is 0 Å². The predicted molar refractivity (Wildman–Crippen MR) is 43.2 cm³/mol. The minimum Gasteiger partial charge on any atom is -0.394 e. The van der Waals surface area contributed by atoms with Crippen molar-refractivity contribution in [3.63, 3.8) is 0 Å². The molecule has 12 heavy (non-hydrogen) atoms. The topological polar surface area (TPSA) is 98.5 Å². The number of hydrogen-bond acceptors (Lipinski definition) is 4. The maximum Gasteiger partial charge on any atom is 0.139 e. The van der Waals surface area contributed by atoms with Gasteiger partial charge in [-0.2, -0.15) is 0 Å². The Bertz CT molecular complexity index is 208. The van der Waals surface area contributed by atoms with Gasteiger partial charge in [-0.15, -0.1) is 0 Å². The maximum atomic E-state index is 9.40. The highest BCUT2D eigenvalue weighted by atomic mass is 16.5. The van der Waals surface area contributed by atoms with Crippen LogP contribution < -0.4 is 0 Å². The summed E-state index contributed by atoms with van der Waals surface area (Å²) in [6.07, 6.45) is -1.53. The molecule has 1 fully saturated rings. The van der Waals surface area contributed by atoms with Crippen LogP contribution in [0.5, 0.6) is 0 Å². The Morgan fingerprint density at radius 2 is 2.33 bits per heavy atom. The standard InChI is InChI=1S/C5H10BN3O3/c6-5-3(8-9-7)4(11)2(1-10)12-5/h2-5,10-11H,1,6H2/t2-,3-,4-,5-/m1/s1. The van der Waals surface area contributed by atoms with Crippen LogP contribution in [0, 0.1) is 0 Å². The Morgan fingerprint density at radius 1 is 1.67 bits per heavy atom. The average molecular weight is 171 g/mol. The van der Waals surface area contributed by atoms with Gasteiger partial charge >= 0.3 is 0 Å². The van der Waals surface area contributed by atoms with E-state index in [-0.39, 0.29) is 12.6 Å². The maximum absolute atomic E-state index is 9.40. The van der Waals surface area contributed by atoms with E-state index in [1.54, 1.807) is 7.85 Å². The second kappa shape index (κ2) is 3.77. The molecule has 0 saturated carbocycles. The molecule has 0 aromatic heterocycles. The molecule has 7 heteroatoms. The number of rotatable bonds is 2. The fourth-order valence-corrected chi connectivity index (χ4v) is 1.31. The van der Waals surface area contributed by atoms with Crippen molar-refractivity contribution >= 4 is 7.85 Å². The van der Waals surface area contributed by atoms with Crippen molar-refractivity contribution < 1.29 is 14.9 Å². The molecule has 2 N–H and O–H groups in total. The van der Waals surface area contributed by atoms with E-state index in [0.717, 1.165) is 0 Å². The van der Waals surface area contributed by atoms with Crippen molar-refractivity contribution in [2.45, 2.75) is 24.3 Å². The van der Waals surface area contributed by atoms with Crippen LogP contribution in [-0.2, 0) is 4.74 Å². The lowest BCUT2D eigenvalue weighted by Gasteiger charge is -2.11. The van der Waals surface area contributed by atoms with E-state index in [2.05, 4.69) is 10.0 Å². The lowest BCUT2D eigenvalue weighted by Crippen LogP contribution is -2.32. The summed E-state index contributed by atoms with van der Waals surface area (Å²) in [6.45, 7) is -0.261. The fourth-order valence-electron chi connectivity index (χ4n) is 1.31. The molecule has 6 nitrogen and oxygen atoms in total. The van der Waals surface area contributed by atoms with Crippen LogP contribution in [0.4, 0.5) is 0 Å². The quantitative estimate of drug-likeness (QED) is 0.226. The van der Waals surface area contributed by atoms with Crippen molar-refractivity contribution in [3.8, 4) is 0 Å². The summed E-state index contributed by atoms with van der Waals surface area (Å²) in [5.74, 6) is 0. The minimum atomic E-state index is -0.902. The van der Waals surface area contributed by atoms with Crippen LogP contribution in [0.25, 0.3) is 10.4 Å². The summed E-state index contributed by atoms with van der Waals surface area (Å²) < 4.78 is 5.12. The third kappa shape index (κ3) is 1.54. The zero-order valence-corrected chi connectivity index (χ0v) is 6.66. The molecule has 1 aliphatic rings. The summed E-state index contributed by atoms with van der Waals surface area (Å²) in [5.41, 5.74) is 8.15. The lowest BCUT2D eigenvalue weighted by molar-refractivity contribution is -0.00436. The van der Waals surface area contributed by atoms with E-state index in [0.29, 0.717) is 0 Å². The second-order valence-corrected chi connectivity index (χ2v) is 2.75. The van der Waals surface area contributed by atoms with Crippen LogP contribution in [0.3, 0.4) is 0 Å². The highest BCUT2D eigenvalue weighted by Gasteiger charge is 2.39. The van der Waals surface area contributed by atoms with Crippen LogP contribution in [0.15, 0.2) is 5.11 Å². The van der Waals surface area contributed by atoms with Gasteiger partial charge in [0.2, 0.25) is 0 Å². The molecule has 4 atom stereocenters. The molecular formula is C5H10BN3O3. The summed E-state index contributed by atoms with van der Waals surface area (Å²) in [6, 6.07) is -0.930. The van der Waals surface area contributed by atoms with Gasteiger partial charge in [0.05, 0.1) is 18.8 Å². The first-order chi connectivity index (χ1) is 5.70. The SMILES string of the molecule is B[C@@H]1O[C@H](CO)[C@@H](O)[C@H]1N=[N+]=[N-]. The van der Waals surface area contributed by atoms with E-state index in [9.17, 15) is 5.11 Å². The van der Waals surface area contributed by atoms with Crippen LogP contribution in [0.1, 0.15) is 0 Å². The highest BCUT2D eigenvalue weighted by molar-refractivity contribution is 6.11. The van der Waals surface area contributed by atoms with E-state index < -0.39 is 18.2 Å². The molecule has 0 unspecified atom stereocenters. The summed E-state index contributed by atoms with van der Waals surface area (Å²) in [7, 11) is 1.69. The monoisotopic (exact) mass is 171 g/mol. The molecule has 0 aliphatic carbocycles. The van der Waals surface area contributed by atoms with Gasteiger partial charge in [0.25, 0.3) is 0 Å². The van der Waals surface area contributed by atoms with Crippen molar-refractivity contribution in [1.82, 2.24) is 0 Å². The lowest BCUT2D eigenvalue weighted by atomic mass is 9.91. The molecule has 1 aliphatic heterocycles. The van der Waals surface area contributed by atoms with Gasteiger partial charge in [0.15, 0.2) is 0 Å². The molecule has 1 saturated heterocycles. The largest absolute Gasteiger partial charge is 0.394 e. The Labute approximate surface area is 70.2 Å². The third-order valence-corrected chi connectivity index (χ3v) is 1.97. The van der Waals surface area contributed by atoms with Gasteiger partial charge in [-0.1, -0.05) is 5.11 Å². The van der Waals surface area contributed by atoms with E-state index >= 15 is 0 Å².